The van der Waals surface area contributed by atoms with Crippen molar-refractivity contribution in [3.05, 3.63) is 39.6 Å². The van der Waals surface area contributed by atoms with Crippen LogP contribution in [0.15, 0.2) is 34.2 Å². The number of nitrogens with two attached hydrogens (primary N) is 1. The van der Waals surface area contributed by atoms with Gasteiger partial charge in [-0.1, -0.05) is 23.4 Å². The maximum Gasteiger partial charge on any atom is 0.253 e. The molecule has 1 aromatic heterocycles. The van der Waals surface area contributed by atoms with E-state index in [1.807, 2.05) is 0 Å². The van der Waals surface area contributed by atoms with Crippen LogP contribution >= 0.6 is 23.4 Å². The highest BCUT2D eigenvalue weighted by atomic mass is 35.5. The van der Waals surface area contributed by atoms with E-state index in [1.165, 1.54) is 13.2 Å². The van der Waals surface area contributed by atoms with Crippen LogP contribution in [0.3, 0.4) is 0 Å². The predicted molar refractivity (Wildman–Crippen MR) is 91.2 cm³/mol. The minimum absolute atomic E-state index is 0.103. The number of carbonyl (C=O) groups is 1. The van der Waals surface area contributed by atoms with Crippen molar-refractivity contribution in [1.82, 2.24) is 9.97 Å². The van der Waals surface area contributed by atoms with Gasteiger partial charge in [-0.2, -0.15) is 0 Å². The van der Waals surface area contributed by atoms with Gasteiger partial charge < -0.3 is 20.8 Å². The molecule has 4 N–H and O–H groups in total. The Hall–Kier alpha value is -2.19. The first-order chi connectivity index (χ1) is 10.9. The number of ether oxygens (including phenoxy) is 1. The second-order valence-electron chi connectivity index (χ2n) is 4.57. The van der Waals surface area contributed by atoms with Crippen molar-refractivity contribution in [2.24, 2.45) is 0 Å². The van der Waals surface area contributed by atoms with E-state index in [9.17, 15) is 9.59 Å². The quantitative estimate of drug-likeness (QED) is 0.560. The molecule has 1 atom stereocenters. The van der Waals surface area contributed by atoms with Crippen LogP contribution in [-0.2, 0) is 4.79 Å². The topological polar surface area (TPSA) is 110 Å². The highest BCUT2D eigenvalue weighted by molar-refractivity contribution is 8.00. The van der Waals surface area contributed by atoms with Crippen molar-refractivity contribution in [2.75, 3.05) is 18.2 Å². The second kappa shape index (κ2) is 7.38. The number of carbonyl (C=O) groups excluding carboxylic acids is 1. The maximum absolute atomic E-state index is 12.2. The van der Waals surface area contributed by atoms with Gasteiger partial charge in [0, 0.05) is 11.8 Å². The Morgan fingerprint density at radius 3 is 2.83 bits per heavy atom. The van der Waals surface area contributed by atoms with Crippen LogP contribution in [0.4, 0.5) is 11.5 Å². The summed E-state index contributed by atoms with van der Waals surface area (Å²) in [6, 6.07) is 6.11. The second-order valence-corrected chi connectivity index (χ2v) is 6.31. The number of halogens is 1. The minimum Gasteiger partial charge on any atom is -0.495 e. The third kappa shape index (κ3) is 4.64. The molecule has 0 saturated carbocycles. The van der Waals surface area contributed by atoms with Gasteiger partial charge in [0.2, 0.25) is 5.91 Å². The third-order valence-electron chi connectivity index (χ3n) is 2.82. The predicted octanol–water partition coefficient (Wildman–Crippen LogP) is 2.13. The zero-order chi connectivity index (χ0) is 17.0. The molecule has 0 aliphatic carbocycles. The van der Waals surface area contributed by atoms with Crippen molar-refractivity contribution in [2.45, 2.75) is 17.3 Å². The van der Waals surface area contributed by atoms with Crippen LogP contribution < -0.4 is 21.3 Å². The minimum atomic E-state index is -0.499. The molecular weight excluding hydrogens is 340 g/mol. The summed E-state index contributed by atoms with van der Waals surface area (Å²) >= 11 is 7.11. The fourth-order valence-electron chi connectivity index (χ4n) is 1.72. The van der Waals surface area contributed by atoms with Gasteiger partial charge in [0.25, 0.3) is 5.56 Å². The number of thioether (sulfide) groups is 1. The summed E-state index contributed by atoms with van der Waals surface area (Å²) in [5.74, 6) is 0.362. The van der Waals surface area contributed by atoms with E-state index in [0.717, 1.165) is 11.8 Å². The first-order valence-corrected chi connectivity index (χ1v) is 7.82. The number of hydrogen-bond acceptors (Lipinski definition) is 6. The number of anilines is 2. The Bertz CT molecular complexity index is 781. The molecule has 7 nitrogen and oxygen atoms in total. The summed E-state index contributed by atoms with van der Waals surface area (Å²) in [5.41, 5.74) is 5.68. The molecule has 1 aromatic carbocycles. The number of aromatic amines is 1. The maximum atomic E-state index is 12.2. The average molecular weight is 355 g/mol. The van der Waals surface area contributed by atoms with Crippen LogP contribution in [0.2, 0.25) is 5.02 Å². The molecule has 23 heavy (non-hydrogen) atoms. The van der Waals surface area contributed by atoms with Crippen molar-refractivity contribution < 1.29 is 9.53 Å². The highest BCUT2D eigenvalue weighted by Crippen LogP contribution is 2.28. The zero-order valence-electron chi connectivity index (χ0n) is 12.4. The summed E-state index contributed by atoms with van der Waals surface area (Å²) < 4.78 is 5.05. The molecule has 0 fully saturated rings. The number of hydrogen-bond donors (Lipinski definition) is 3. The summed E-state index contributed by atoms with van der Waals surface area (Å²) in [6.07, 6.45) is 0. The summed E-state index contributed by atoms with van der Waals surface area (Å²) in [4.78, 5) is 30.0. The van der Waals surface area contributed by atoms with Crippen LogP contribution in [-0.4, -0.2) is 28.2 Å². The van der Waals surface area contributed by atoms with Crippen molar-refractivity contribution in [3.8, 4) is 5.75 Å². The number of rotatable bonds is 5. The molecule has 9 heteroatoms. The third-order valence-corrected chi connectivity index (χ3v) is 4.10. The van der Waals surface area contributed by atoms with Gasteiger partial charge in [0.15, 0.2) is 5.16 Å². The van der Waals surface area contributed by atoms with Gasteiger partial charge in [-0.05, 0) is 25.1 Å². The van der Waals surface area contributed by atoms with Crippen LogP contribution in [0.5, 0.6) is 5.75 Å². The van der Waals surface area contributed by atoms with Crippen molar-refractivity contribution in [3.63, 3.8) is 0 Å². The molecule has 0 bridgehead atoms. The zero-order valence-corrected chi connectivity index (χ0v) is 14.0. The number of benzene rings is 1. The van der Waals surface area contributed by atoms with E-state index in [-0.39, 0.29) is 22.4 Å². The van der Waals surface area contributed by atoms with Crippen LogP contribution in [0.25, 0.3) is 0 Å². The van der Waals surface area contributed by atoms with Gasteiger partial charge in [0.05, 0.1) is 17.4 Å². The fraction of sp³-hybridized carbons (Fsp3) is 0.214. The lowest BCUT2D eigenvalue weighted by Crippen LogP contribution is -2.23. The Morgan fingerprint density at radius 1 is 1.48 bits per heavy atom. The van der Waals surface area contributed by atoms with Gasteiger partial charge >= 0.3 is 0 Å². The normalized spacial score (nSPS) is 11.8. The number of H-pyrrole nitrogens is 1. The van der Waals surface area contributed by atoms with E-state index in [2.05, 4.69) is 15.3 Å². The van der Waals surface area contributed by atoms with Gasteiger partial charge in [-0.25, -0.2) is 4.98 Å². The average Bonchev–Trinajstić information content (AvgIpc) is 2.46. The molecule has 0 radical (unpaired) electrons. The number of aromatic nitrogens is 2. The van der Waals surface area contributed by atoms with Crippen LogP contribution in [0.1, 0.15) is 6.92 Å². The molecule has 0 aliphatic rings. The molecule has 2 aromatic rings. The standard InChI is InChI=1S/C14H15ClN4O3S/c1-7(23-14-18-11(16)6-12(20)19-14)13(21)17-8-3-4-10(22-2)9(15)5-8/h3-7H,1-2H3,(H,17,21)(H3,16,18,19,20)/t7-/m0/s1. The number of nitrogen functional groups attached to an aromatic ring is 1. The highest BCUT2D eigenvalue weighted by Gasteiger charge is 2.16. The van der Waals surface area contributed by atoms with E-state index >= 15 is 0 Å². The molecule has 2 rings (SSSR count). The Morgan fingerprint density at radius 2 is 2.22 bits per heavy atom. The van der Waals surface area contributed by atoms with Gasteiger partial charge in [-0.15, -0.1) is 0 Å². The molecule has 122 valence electrons. The van der Waals surface area contributed by atoms with E-state index in [4.69, 9.17) is 22.1 Å². The lowest BCUT2D eigenvalue weighted by atomic mass is 10.3. The van der Waals surface area contributed by atoms with Crippen LogP contribution in [0, 0.1) is 0 Å². The van der Waals surface area contributed by atoms with E-state index in [0.29, 0.717) is 16.5 Å². The molecular formula is C14H15ClN4O3S. The fourth-order valence-corrected chi connectivity index (χ4v) is 2.79. The van der Waals surface area contributed by atoms with Crippen molar-refractivity contribution >= 4 is 40.8 Å². The lowest BCUT2D eigenvalue weighted by Gasteiger charge is -2.12. The number of amides is 1. The Balaban J connectivity index is 2.05. The molecule has 0 unspecified atom stereocenters. The SMILES string of the molecule is COc1ccc(NC(=O)[C@H](C)Sc2nc(N)cc(=O)[nH]2)cc1Cl. The number of methoxy groups -OCH3 is 1. The van der Waals surface area contributed by atoms with Gasteiger partial charge in [-0.3, -0.25) is 9.59 Å². The molecule has 0 spiro atoms. The van der Waals surface area contributed by atoms with E-state index < -0.39 is 5.25 Å². The smallest absolute Gasteiger partial charge is 0.253 e. The monoisotopic (exact) mass is 354 g/mol. The lowest BCUT2D eigenvalue weighted by molar-refractivity contribution is -0.115. The van der Waals surface area contributed by atoms with Crippen molar-refractivity contribution in [1.29, 1.82) is 0 Å². The van der Waals surface area contributed by atoms with Gasteiger partial charge in [0.1, 0.15) is 11.6 Å². The molecule has 0 aliphatic heterocycles. The first kappa shape index (κ1) is 17.2. The summed E-state index contributed by atoms with van der Waals surface area (Å²) in [5, 5.41) is 2.91. The molecule has 0 saturated heterocycles. The summed E-state index contributed by atoms with van der Waals surface area (Å²) in [6.45, 7) is 1.69. The van der Waals surface area contributed by atoms with E-state index in [1.54, 1.807) is 25.1 Å². The Labute approximate surface area is 141 Å². The number of nitrogens with one attached hydrogen (secondary N) is 2. The first-order valence-electron chi connectivity index (χ1n) is 6.57. The molecule has 1 amide bonds. The largest absolute Gasteiger partial charge is 0.495 e. The number of nitrogens with zero attached hydrogens (tertiary/aromatic N) is 1. The Kier molecular flexibility index (Phi) is 5.51. The summed E-state index contributed by atoms with van der Waals surface area (Å²) in [7, 11) is 1.51. The molecule has 1 heterocycles.